The van der Waals surface area contributed by atoms with Crippen molar-refractivity contribution in [3.05, 3.63) is 106 Å². The van der Waals surface area contributed by atoms with Crippen LogP contribution in [0.1, 0.15) is 24.1 Å². The van der Waals surface area contributed by atoms with E-state index in [0.717, 1.165) is 11.1 Å². The second-order valence-electron chi connectivity index (χ2n) is 7.83. The Bertz CT molecular complexity index is 1450. The Labute approximate surface area is 201 Å². The van der Waals surface area contributed by atoms with Gasteiger partial charge in [0.1, 0.15) is 6.04 Å². The van der Waals surface area contributed by atoms with Gasteiger partial charge in [0.25, 0.3) is 5.91 Å². The first-order valence-corrected chi connectivity index (χ1v) is 11.0. The van der Waals surface area contributed by atoms with Crippen LogP contribution in [0.4, 0.5) is 11.6 Å². The van der Waals surface area contributed by atoms with Gasteiger partial charge in [0, 0.05) is 22.0 Å². The van der Waals surface area contributed by atoms with Crippen molar-refractivity contribution in [3.8, 4) is 17.5 Å². The first-order valence-electron chi connectivity index (χ1n) is 10.6. The molecule has 1 aliphatic rings. The van der Waals surface area contributed by atoms with Gasteiger partial charge in [-0.2, -0.15) is 10.2 Å². The minimum atomic E-state index is -0.548. The number of nitrogens with one attached hydrogen (secondary N) is 2. The number of amides is 1. The number of carbonyl (C=O) groups is 1. The molecule has 34 heavy (non-hydrogen) atoms. The summed E-state index contributed by atoms with van der Waals surface area (Å²) in [7, 11) is 0. The highest BCUT2D eigenvalue weighted by atomic mass is 35.5. The molecule has 1 aromatic heterocycles. The lowest BCUT2D eigenvalue weighted by Crippen LogP contribution is -2.31. The largest absolute Gasteiger partial charge is 0.328 e. The Morgan fingerprint density at radius 3 is 2.56 bits per heavy atom. The van der Waals surface area contributed by atoms with E-state index in [0.29, 0.717) is 39.3 Å². The highest BCUT2D eigenvalue weighted by Gasteiger charge is 2.34. The Hall–Kier alpha value is -4.41. The number of benzene rings is 3. The molecule has 8 heteroatoms. The van der Waals surface area contributed by atoms with Crippen LogP contribution in [0.15, 0.2) is 90.1 Å². The summed E-state index contributed by atoms with van der Waals surface area (Å²) in [4.78, 5) is 18.1. The van der Waals surface area contributed by atoms with E-state index in [1.165, 1.54) is 0 Å². The number of halogens is 1. The number of carbonyl (C=O) groups excluding carboxylic acids is 1. The lowest BCUT2D eigenvalue weighted by atomic mass is 9.94. The van der Waals surface area contributed by atoms with Crippen molar-refractivity contribution in [2.24, 2.45) is 0 Å². The smallest absolute Gasteiger partial charge is 0.255 e. The molecule has 4 aromatic rings. The van der Waals surface area contributed by atoms with Crippen LogP contribution in [-0.2, 0) is 4.79 Å². The third-order valence-electron chi connectivity index (χ3n) is 5.57. The van der Waals surface area contributed by atoms with Gasteiger partial charge in [0.15, 0.2) is 5.82 Å². The molecule has 0 spiro atoms. The molecule has 0 bridgehead atoms. The minimum absolute atomic E-state index is 0.254. The molecule has 5 rings (SSSR count). The number of hydrogen-bond acceptors (Lipinski definition) is 5. The molecule has 0 radical (unpaired) electrons. The predicted molar refractivity (Wildman–Crippen MR) is 131 cm³/mol. The molecule has 7 nitrogen and oxygen atoms in total. The van der Waals surface area contributed by atoms with Crippen LogP contribution in [0.2, 0.25) is 5.02 Å². The maximum atomic E-state index is 13.5. The normalized spacial score (nSPS) is 14.7. The number of fused-ring (bicyclic) bond motifs is 1. The molecule has 0 aliphatic carbocycles. The van der Waals surface area contributed by atoms with Crippen molar-refractivity contribution in [1.82, 2.24) is 14.8 Å². The van der Waals surface area contributed by atoms with Gasteiger partial charge >= 0.3 is 0 Å². The molecule has 166 valence electrons. The standard InChI is InChI=1S/C26H19ClN6O/c1-16-22(25(34)30-21-8-3-2-4-9-21)23(18-12-10-17(15-28)11-13-18)33-26(29-16)31-24(32-33)19-6-5-7-20(27)14-19/h2-14,23H,1H3,(H,30,34)(H,29,31,32). The number of hydrogen-bond donors (Lipinski definition) is 2. The van der Waals surface area contributed by atoms with Crippen molar-refractivity contribution in [2.75, 3.05) is 10.6 Å². The third kappa shape index (κ3) is 4.03. The molecule has 1 unspecified atom stereocenters. The van der Waals surface area contributed by atoms with E-state index in [-0.39, 0.29) is 5.91 Å². The van der Waals surface area contributed by atoms with Gasteiger partial charge in [-0.3, -0.25) is 4.79 Å². The minimum Gasteiger partial charge on any atom is -0.328 e. The molecular formula is C26H19ClN6O. The topological polar surface area (TPSA) is 95.6 Å². The average molecular weight is 467 g/mol. The van der Waals surface area contributed by atoms with Crippen LogP contribution >= 0.6 is 11.6 Å². The quantitative estimate of drug-likeness (QED) is 0.420. The SMILES string of the molecule is CC1=C(C(=O)Nc2ccccc2)C(c2ccc(C#N)cc2)n2nc(-c3cccc(Cl)c3)nc2N1. The van der Waals surface area contributed by atoms with Gasteiger partial charge in [-0.15, -0.1) is 5.10 Å². The van der Waals surface area contributed by atoms with Gasteiger partial charge in [-0.1, -0.05) is 54.1 Å². The van der Waals surface area contributed by atoms with Gasteiger partial charge in [0.05, 0.1) is 17.2 Å². The van der Waals surface area contributed by atoms with E-state index < -0.39 is 6.04 Å². The first kappa shape index (κ1) is 21.4. The summed E-state index contributed by atoms with van der Waals surface area (Å²) >= 11 is 6.17. The van der Waals surface area contributed by atoms with Crippen molar-refractivity contribution >= 4 is 29.1 Å². The van der Waals surface area contributed by atoms with E-state index in [1.807, 2.05) is 61.5 Å². The molecule has 3 aromatic carbocycles. The van der Waals surface area contributed by atoms with Crippen LogP contribution in [0, 0.1) is 11.3 Å². The second-order valence-corrected chi connectivity index (χ2v) is 8.27. The highest BCUT2D eigenvalue weighted by Crippen LogP contribution is 2.37. The van der Waals surface area contributed by atoms with Gasteiger partial charge < -0.3 is 10.6 Å². The van der Waals surface area contributed by atoms with Crippen LogP contribution in [0.25, 0.3) is 11.4 Å². The molecule has 1 aliphatic heterocycles. The van der Waals surface area contributed by atoms with E-state index in [1.54, 1.807) is 28.9 Å². The van der Waals surface area contributed by atoms with Crippen LogP contribution in [0.5, 0.6) is 0 Å². The summed E-state index contributed by atoms with van der Waals surface area (Å²) in [5, 5.41) is 20.7. The van der Waals surface area contributed by atoms with Crippen molar-refractivity contribution in [3.63, 3.8) is 0 Å². The van der Waals surface area contributed by atoms with Gasteiger partial charge in [-0.25, -0.2) is 4.68 Å². The summed E-state index contributed by atoms with van der Waals surface area (Å²) in [6, 6.07) is 25.3. The fraction of sp³-hybridized carbons (Fsp3) is 0.0769. The zero-order valence-corrected chi connectivity index (χ0v) is 18.9. The molecule has 1 amide bonds. The number of rotatable bonds is 4. The summed E-state index contributed by atoms with van der Waals surface area (Å²) in [5.41, 5.74) is 3.97. The van der Waals surface area contributed by atoms with E-state index in [9.17, 15) is 10.1 Å². The summed E-state index contributed by atoms with van der Waals surface area (Å²) in [5.74, 6) is 0.746. The second kappa shape index (κ2) is 8.85. The molecular weight excluding hydrogens is 448 g/mol. The average Bonchev–Trinajstić information content (AvgIpc) is 3.27. The number of anilines is 2. The Balaban J connectivity index is 1.61. The maximum absolute atomic E-state index is 13.5. The molecule has 0 saturated heterocycles. The van der Waals surface area contributed by atoms with E-state index >= 15 is 0 Å². The maximum Gasteiger partial charge on any atom is 0.255 e. The molecule has 2 N–H and O–H groups in total. The van der Waals surface area contributed by atoms with Gasteiger partial charge in [-0.05, 0) is 48.9 Å². The summed E-state index contributed by atoms with van der Waals surface area (Å²) in [6.07, 6.45) is 0. The Kier molecular flexibility index (Phi) is 5.58. The van der Waals surface area contributed by atoms with Crippen molar-refractivity contribution < 1.29 is 4.79 Å². The molecule has 0 saturated carbocycles. The number of allylic oxidation sites excluding steroid dienone is 1. The molecule has 2 heterocycles. The lowest BCUT2D eigenvalue weighted by molar-refractivity contribution is -0.113. The van der Waals surface area contributed by atoms with Gasteiger partial charge in [0.2, 0.25) is 5.95 Å². The molecule has 1 atom stereocenters. The highest BCUT2D eigenvalue weighted by molar-refractivity contribution is 6.30. The fourth-order valence-corrected chi connectivity index (χ4v) is 4.15. The van der Waals surface area contributed by atoms with Crippen LogP contribution in [0.3, 0.4) is 0 Å². The lowest BCUT2D eigenvalue weighted by Gasteiger charge is -2.28. The molecule has 0 fully saturated rings. The van der Waals surface area contributed by atoms with Crippen molar-refractivity contribution in [1.29, 1.82) is 5.26 Å². The number of nitrogens with zero attached hydrogens (tertiary/aromatic N) is 4. The van der Waals surface area contributed by atoms with E-state index in [2.05, 4.69) is 21.7 Å². The summed E-state index contributed by atoms with van der Waals surface area (Å²) in [6.45, 7) is 1.84. The van der Waals surface area contributed by atoms with E-state index in [4.69, 9.17) is 16.7 Å². The Morgan fingerprint density at radius 2 is 1.85 bits per heavy atom. The van der Waals surface area contributed by atoms with Crippen molar-refractivity contribution in [2.45, 2.75) is 13.0 Å². The monoisotopic (exact) mass is 466 g/mol. The predicted octanol–water partition coefficient (Wildman–Crippen LogP) is 5.40. The summed E-state index contributed by atoms with van der Waals surface area (Å²) < 4.78 is 1.70. The third-order valence-corrected chi connectivity index (χ3v) is 5.80. The zero-order valence-electron chi connectivity index (χ0n) is 18.2. The van der Waals surface area contributed by atoms with Crippen LogP contribution < -0.4 is 10.6 Å². The fourth-order valence-electron chi connectivity index (χ4n) is 3.96. The number of para-hydroxylation sites is 1. The zero-order chi connectivity index (χ0) is 23.7. The Morgan fingerprint density at radius 1 is 1.09 bits per heavy atom. The van der Waals surface area contributed by atoms with Crippen LogP contribution in [-0.4, -0.2) is 20.7 Å². The number of aromatic nitrogens is 3. The first-order chi connectivity index (χ1) is 16.5. The number of nitriles is 1.